The van der Waals surface area contributed by atoms with Crippen molar-refractivity contribution in [2.45, 2.75) is 13.0 Å². The second-order valence-electron chi connectivity index (χ2n) is 3.87. The molecule has 2 rings (SSSR count). The summed E-state index contributed by atoms with van der Waals surface area (Å²) in [5, 5.41) is 4.75. The number of nitrogens with zero attached hydrogens (tertiary/aromatic N) is 1. The van der Waals surface area contributed by atoms with Crippen LogP contribution in [0.1, 0.15) is 6.92 Å². The van der Waals surface area contributed by atoms with E-state index in [1.165, 1.54) is 0 Å². The van der Waals surface area contributed by atoms with Crippen LogP contribution >= 0.6 is 23.2 Å². The highest BCUT2D eigenvalue weighted by Crippen LogP contribution is 2.27. The Hall–Kier alpha value is -0.440. The van der Waals surface area contributed by atoms with Crippen LogP contribution in [0.25, 0.3) is 0 Å². The summed E-state index contributed by atoms with van der Waals surface area (Å²) in [5.41, 5.74) is 1.11. The van der Waals surface area contributed by atoms with Crippen LogP contribution in [0.5, 0.6) is 0 Å². The smallest absolute Gasteiger partial charge is 0.0441 e. The van der Waals surface area contributed by atoms with Crippen molar-refractivity contribution in [3.63, 3.8) is 0 Å². The summed E-state index contributed by atoms with van der Waals surface area (Å²) in [6.45, 7) is 5.21. The molecule has 1 N–H and O–H groups in total. The summed E-state index contributed by atoms with van der Waals surface area (Å²) in [6, 6.07) is 6.18. The molecule has 1 aliphatic rings. The van der Waals surface area contributed by atoms with Gasteiger partial charge in [0.25, 0.3) is 0 Å². The third-order valence-electron chi connectivity index (χ3n) is 2.68. The highest BCUT2D eigenvalue weighted by atomic mass is 35.5. The number of nitrogens with one attached hydrogen (secondary N) is 1. The fraction of sp³-hybridized carbons (Fsp3) is 0.455. The van der Waals surface area contributed by atoms with Crippen LogP contribution in [-0.4, -0.2) is 25.7 Å². The van der Waals surface area contributed by atoms with E-state index in [-0.39, 0.29) is 0 Å². The zero-order valence-corrected chi connectivity index (χ0v) is 10.1. The van der Waals surface area contributed by atoms with E-state index < -0.39 is 0 Å². The Labute approximate surface area is 100 Å². The lowest BCUT2D eigenvalue weighted by Crippen LogP contribution is -2.49. The molecule has 2 nitrogen and oxygen atoms in total. The topological polar surface area (TPSA) is 15.3 Å². The van der Waals surface area contributed by atoms with Crippen LogP contribution in [0.2, 0.25) is 10.0 Å². The van der Waals surface area contributed by atoms with Crippen LogP contribution < -0.4 is 10.2 Å². The molecule has 0 bridgehead atoms. The van der Waals surface area contributed by atoms with E-state index in [2.05, 4.69) is 17.1 Å². The van der Waals surface area contributed by atoms with Crippen LogP contribution in [0.15, 0.2) is 18.2 Å². The molecule has 1 aliphatic heterocycles. The van der Waals surface area contributed by atoms with Crippen LogP contribution in [0, 0.1) is 0 Å². The van der Waals surface area contributed by atoms with Gasteiger partial charge in [-0.1, -0.05) is 23.2 Å². The van der Waals surface area contributed by atoms with E-state index in [0.717, 1.165) is 25.3 Å². The van der Waals surface area contributed by atoms with Gasteiger partial charge in [0.15, 0.2) is 0 Å². The molecule has 1 saturated heterocycles. The lowest BCUT2D eigenvalue weighted by atomic mass is 10.2. The van der Waals surface area contributed by atoms with Crippen molar-refractivity contribution in [3.8, 4) is 0 Å². The Kier molecular flexibility index (Phi) is 3.39. The van der Waals surface area contributed by atoms with E-state index in [0.29, 0.717) is 16.1 Å². The number of halogens is 2. The van der Waals surface area contributed by atoms with Crippen LogP contribution in [0.4, 0.5) is 5.69 Å². The molecule has 4 heteroatoms. The normalized spacial score (nSPS) is 21.8. The Bertz CT molecular complexity index is 334. The minimum atomic E-state index is 0.480. The van der Waals surface area contributed by atoms with Crippen LogP contribution in [-0.2, 0) is 0 Å². The van der Waals surface area contributed by atoms with E-state index >= 15 is 0 Å². The van der Waals surface area contributed by atoms with Gasteiger partial charge < -0.3 is 10.2 Å². The van der Waals surface area contributed by atoms with Gasteiger partial charge in [0.2, 0.25) is 0 Å². The zero-order chi connectivity index (χ0) is 10.8. The molecule has 82 valence electrons. The quantitative estimate of drug-likeness (QED) is 0.818. The molecular weight excluding hydrogens is 231 g/mol. The Morgan fingerprint density at radius 3 is 2.53 bits per heavy atom. The maximum atomic E-state index is 5.99. The second kappa shape index (κ2) is 4.60. The highest BCUT2D eigenvalue weighted by molar-refractivity contribution is 6.35. The summed E-state index contributed by atoms with van der Waals surface area (Å²) in [5.74, 6) is 0. The first kappa shape index (κ1) is 11.1. The summed E-state index contributed by atoms with van der Waals surface area (Å²) in [7, 11) is 0. The van der Waals surface area contributed by atoms with Gasteiger partial charge in [-0.3, -0.25) is 0 Å². The molecular formula is C11H14Cl2N2. The minimum absolute atomic E-state index is 0.480. The Balaban J connectivity index is 2.27. The standard InChI is InChI=1S/C11H14Cl2N2/c1-8-7-14-2-3-15(8)11-5-9(12)4-10(13)6-11/h4-6,8,14H,2-3,7H2,1H3. The molecule has 0 saturated carbocycles. The first-order valence-electron chi connectivity index (χ1n) is 5.10. The molecule has 1 atom stereocenters. The summed E-state index contributed by atoms with van der Waals surface area (Å²) in [4.78, 5) is 2.33. The number of rotatable bonds is 1. The fourth-order valence-corrected chi connectivity index (χ4v) is 2.44. The number of anilines is 1. The van der Waals surface area contributed by atoms with Gasteiger partial charge in [0.1, 0.15) is 0 Å². The molecule has 0 amide bonds. The van der Waals surface area contributed by atoms with Crippen molar-refractivity contribution in [3.05, 3.63) is 28.2 Å². The lowest BCUT2D eigenvalue weighted by molar-refractivity contribution is 0.501. The molecule has 1 aromatic carbocycles. The van der Waals surface area contributed by atoms with Crippen molar-refractivity contribution < 1.29 is 0 Å². The van der Waals surface area contributed by atoms with Gasteiger partial charge in [-0.05, 0) is 25.1 Å². The molecule has 0 aliphatic carbocycles. The zero-order valence-electron chi connectivity index (χ0n) is 8.63. The number of benzene rings is 1. The first-order chi connectivity index (χ1) is 7.16. The first-order valence-corrected chi connectivity index (χ1v) is 5.86. The van der Waals surface area contributed by atoms with Gasteiger partial charge >= 0.3 is 0 Å². The average molecular weight is 245 g/mol. The summed E-state index contributed by atoms with van der Waals surface area (Å²) >= 11 is 12.0. The largest absolute Gasteiger partial charge is 0.366 e. The number of piperazine rings is 1. The predicted molar refractivity (Wildman–Crippen MR) is 66.1 cm³/mol. The van der Waals surface area contributed by atoms with E-state index in [9.17, 15) is 0 Å². The summed E-state index contributed by atoms with van der Waals surface area (Å²) in [6.07, 6.45) is 0. The molecule has 1 heterocycles. The third-order valence-corrected chi connectivity index (χ3v) is 3.12. The van der Waals surface area contributed by atoms with Gasteiger partial charge in [0.05, 0.1) is 0 Å². The Morgan fingerprint density at radius 1 is 1.27 bits per heavy atom. The van der Waals surface area contributed by atoms with Gasteiger partial charge in [-0.15, -0.1) is 0 Å². The molecule has 1 aromatic rings. The SMILES string of the molecule is CC1CNCCN1c1cc(Cl)cc(Cl)c1. The Morgan fingerprint density at radius 2 is 1.93 bits per heavy atom. The van der Waals surface area contributed by atoms with Crippen LogP contribution in [0.3, 0.4) is 0 Å². The van der Waals surface area contributed by atoms with Crippen molar-refractivity contribution in [1.29, 1.82) is 0 Å². The predicted octanol–water partition coefficient (Wildman–Crippen LogP) is 2.79. The van der Waals surface area contributed by atoms with Gasteiger partial charge in [-0.25, -0.2) is 0 Å². The third kappa shape index (κ3) is 2.57. The van der Waals surface area contributed by atoms with Crippen molar-refractivity contribution in [2.24, 2.45) is 0 Å². The van der Waals surface area contributed by atoms with E-state index in [1.54, 1.807) is 6.07 Å². The summed E-state index contributed by atoms with van der Waals surface area (Å²) < 4.78 is 0. The van der Waals surface area contributed by atoms with E-state index in [4.69, 9.17) is 23.2 Å². The molecule has 0 aromatic heterocycles. The average Bonchev–Trinajstić information content (AvgIpc) is 2.16. The van der Waals surface area contributed by atoms with Crippen molar-refractivity contribution in [2.75, 3.05) is 24.5 Å². The number of hydrogen-bond donors (Lipinski definition) is 1. The molecule has 0 radical (unpaired) electrons. The molecule has 1 fully saturated rings. The molecule has 1 unspecified atom stereocenters. The van der Waals surface area contributed by atoms with E-state index in [1.807, 2.05) is 12.1 Å². The number of hydrogen-bond acceptors (Lipinski definition) is 2. The molecule has 15 heavy (non-hydrogen) atoms. The van der Waals surface area contributed by atoms with Gasteiger partial charge in [0, 0.05) is 41.4 Å². The maximum absolute atomic E-state index is 5.99. The van der Waals surface area contributed by atoms with Crippen molar-refractivity contribution >= 4 is 28.9 Å². The maximum Gasteiger partial charge on any atom is 0.0441 e. The highest BCUT2D eigenvalue weighted by Gasteiger charge is 2.18. The second-order valence-corrected chi connectivity index (χ2v) is 4.75. The van der Waals surface area contributed by atoms with Gasteiger partial charge in [-0.2, -0.15) is 0 Å². The fourth-order valence-electron chi connectivity index (χ4n) is 1.93. The molecule has 0 spiro atoms. The minimum Gasteiger partial charge on any atom is -0.366 e. The lowest BCUT2D eigenvalue weighted by Gasteiger charge is -2.36. The van der Waals surface area contributed by atoms with Crippen molar-refractivity contribution in [1.82, 2.24) is 5.32 Å². The monoisotopic (exact) mass is 244 g/mol.